The first kappa shape index (κ1) is 12.3. The average Bonchev–Trinajstić information content (AvgIpc) is 1.99. The van der Waals surface area contributed by atoms with Crippen molar-refractivity contribution >= 4 is 0 Å². The molecule has 84 valence electrons. The van der Waals surface area contributed by atoms with Gasteiger partial charge in [-0.25, -0.2) is 0 Å². The van der Waals surface area contributed by atoms with Gasteiger partial charge in [-0.1, -0.05) is 17.7 Å². The third-order valence-corrected chi connectivity index (χ3v) is 2.64. The van der Waals surface area contributed by atoms with Gasteiger partial charge >= 0.3 is 0 Å². The monoisotopic (exact) mass is 205 g/mol. The van der Waals surface area contributed by atoms with Crippen LogP contribution in [0.2, 0.25) is 0 Å². The molecule has 1 nitrogen and oxygen atoms in total. The van der Waals surface area contributed by atoms with Crippen LogP contribution in [0.4, 0.5) is 0 Å². The average molecular weight is 205 g/mol. The lowest BCUT2D eigenvalue weighted by molar-refractivity contribution is 0.423. The third-order valence-electron chi connectivity index (χ3n) is 2.64. The molecule has 0 heterocycles. The van der Waals surface area contributed by atoms with Crippen LogP contribution in [0.25, 0.3) is 0 Å². The molecule has 0 atom stereocenters. The Bertz CT molecular complexity index is 322. The third kappa shape index (κ3) is 3.67. The maximum atomic E-state index is 3.54. The van der Waals surface area contributed by atoms with E-state index < -0.39 is 0 Å². The van der Waals surface area contributed by atoms with E-state index in [0.29, 0.717) is 0 Å². The van der Waals surface area contributed by atoms with E-state index >= 15 is 0 Å². The Morgan fingerprint density at radius 2 is 1.47 bits per heavy atom. The number of hydrogen-bond donors (Lipinski definition) is 1. The summed E-state index contributed by atoms with van der Waals surface area (Å²) in [5, 5.41) is 3.54. The molecule has 1 N–H and O–H groups in total. The molecule has 0 fully saturated rings. The molecule has 1 heteroatoms. The molecule has 0 aromatic heterocycles. The van der Waals surface area contributed by atoms with E-state index in [2.05, 4.69) is 59.0 Å². The van der Waals surface area contributed by atoms with E-state index in [9.17, 15) is 0 Å². The summed E-state index contributed by atoms with van der Waals surface area (Å²) in [5.41, 5.74) is 5.76. The second-order valence-corrected chi connectivity index (χ2v) is 5.48. The number of benzene rings is 1. The zero-order valence-corrected chi connectivity index (χ0v) is 10.9. The second-order valence-electron chi connectivity index (χ2n) is 5.48. The summed E-state index contributed by atoms with van der Waals surface area (Å²) >= 11 is 0. The molecule has 1 aromatic carbocycles. The Hall–Kier alpha value is -0.820. The maximum absolute atomic E-state index is 3.54. The molecule has 0 bridgehead atoms. The highest BCUT2D eigenvalue weighted by Gasteiger charge is 2.10. The van der Waals surface area contributed by atoms with Crippen molar-refractivity contribution in [3.05, 3.63) is 34.4 Å². The van der Waals surface area contributed by atoms with Gasteiger partial charge in [0, 0.05) is 12.1 Å². The first-order valence-corrected chi connectivity index (χ1v) is 5.61. The molecule has 0 aliphatic heterocycles. The Morgan fingerprint density at radius 1 is 1.00 bits per heavy atom. The lowest BCUT2D eigenvalue weighted by Gasteiger charge is -2.22. The molecular weight excluding hydrogens is 182 g/mol. The van der Waals surface area contributed by atoms with Crippen LogP contribution in [0, 0.1) is 20.8 Å². The van der Waals surface area contributed by atoms with E-state index in [0.717, 1.165) is 6.54 Å². The molecule has 0 saturated heterocycles. The van der Waals surface area contributed by atoms with Crippen molar-refractivity contribution in [2.45, 2.75) is 53.6 Å². The normalized spacial score (nSPS) is 11.9. The van der Waals surface area contributed by atoms with Crippen molar-refractivity contribution in [1.29, 1.82) is 0 Å². The Morgan fingerprint density at radius 3 is 1.87 bits per heavy atom. The number of aryl methyl sites for hydroxylation is 3. The van der Waals surface area contributed by atoms with Gasteiger partial charge in [-0.05, 0) is 58.2 Å². The molecule has 15 heavy (non-hydrogen) atoms. The van der Waals surface area contributed by atoms with Gasteiger partial charge in [-0.15, -0.1) is 0 Å². The summed E-state index contributed by atoms with van der Waals surface area (Å²) in [6.07, 6.45) is 0. The minimum Gasteiger partial charge on any atom is -0.308 e. The van der Waals surface area contributed by atoms with Crippen molar-refractivity contribution in [2.75, 3.05) is 0 Å². The Labute approximate surface area is 93.9 Å². The van der Waals surface area contributed by atoms with Gasteiger partial charge in [0.2, 0.25) is 0 Å². The zero-order chi connectivity index (χ0) is 11.6. The standard InChI is InChI=1S/C14H23N/c1-10-7-11(2)13(12(3)8-10)9-15-14(4,5)6/h7-8,15H,9H2,1-6H3. The first-order valence-electron chi connectivity index (χ1n) is 5.61. The highest BCUT2D eigenvalue weighted by Crippen LogP contribution is 2.17. The molecular formula is C14H23N. The number of nitrogens with one attached hydrogen (secondary N) is 1. The predicted octanol–water partition coefficient (Wildman–Crippen LogP) is 3.50. The fourth-order valence-corrected chi connectivity index (χ4v) is 1.84. The van der Waals surface area contributed by atoms with Gasteiger partial charge in [0.25, 0.3) is 0 Å². The van der Waals surface area contributed by atoms with E-state index in [-0.39, 0.29) is 5.54 Å². The summed E-state index contributed by atoms with van der Waals surface area (Å²) in [5.74, 6) is 0. The number of rotatable bonds is 2. The quantitative estimate of drug-likeness (QED) is 0.779. The van der Waals surface area contributed by atoms with Gasteiger partial charge in [-0.2, -0.15) is 0 Å². The summed E-state index contributed by atoms with van der Waals surface area (Å²) in [7, 11) is 0. The molecule has 0 unspecified atom stereocenters. The van der Waals surface area contributed by atoms with E-state index in [1.807, 2.05) is 0 Å². The van der Waals surface area contributed by atoms with Crippen LogP contribution in [0.5, 0.6) is 0 Å². The van der Waals surface area contributed by atoms with Crippen LogP contribution in [0.3, 0.4) is 0 Å². The fourth-order valence-electron chi connectivity index (χ4n) is 1.84. The van der Waals surface area contributed by atoms with Crippen molar-refractivity contribution in [1.82, 2.24) is 5.32 Å². The minimum absolute atomic E-state index is 0.184. The van der Waals surface area contributed by atoms with Gasteiger partial charge in [-0.3, -0.25) is 0 Å². The zero-order valence-electron chi connectivity index (χ0n) is 10.9. The molecule has 0 spiro atoms. The largest absolute Gasteiger partial charge is 0.308 e. The summed E-state index contributed by atoms with van der Waals surface area (Å²) in [4.78, 5) is 0. The van der Waals surface area contributed by atoms with Crippen molar-refractivity contribution in [2.24, 2.45) is 0 Å². The highest BCUT2D eigenvalue weighted by atomic mass is 14.9. The summed E-state index contributed by atoms with van der Waals surface area (Å²) in [6, 6.07) is 4.51. The topological polar surface area (TPSA) is 12.0 Å². The molecule has 0 amide bonds. The van der Waals surface area contributed by atoms with Crippen LogP contribution >= 0.6 is 0 Å². The van der Waals surface area contributed by atoms with Crippen molar-refractivity contribution in [3.8, 4) is 0 Å². The smallest absolute Gasteiger partial charge is 0.0215 e. The van der Waals surface area contributed by atoms with Crippen molar-refractivity contribution < 1.29 is 0 Å². The van der Waals surface area contributed by atoms with Gasteiger partial charge in [0.15, 0.2) is 0 Å². The van der Waals surface area contributed by atoms with Gasteiger partial charge in [0.1, 0.15) is 0 Å². The minimum atomic E-state index is 0.184. The summed E-state index contributed by atoms with van der Waals surface area (Å²) in [6.45, 7) is 14.1. The Kier molecular flexibility index (Phi) is 3.56. The second kappa shape index (κ2) is 4.36. The van der Waals surface area contributed by atoms with E-state index in [1.54, 1.807) is 0 Å². The molecule has 0 aliphatic rings. The SMILES string of the molecule is Cc1cc(C)c(CNC(C)(C)C)c(C)c1. The molecule has 1 aromatic rings. The van der Waals surface area contributed by atoms with Crippen LogP contribution in [0.15, 0.2) is 12.1 Å². The molecule has 1 rings (SSSR count). The lowest BCUT2D eigenvalue weighted by Crippen LogP contribution is -2.35. The van der Waals surface area contributed by atoms with Crippen LogP contribution < -0.4 is 5.32 Å². The maximum Gasteiger partial charge on any atom is 0.0215 e. The van der Waals surface area contributed by atoms with Gasteiger partial charge < -0.3 is 5.32 Å². The Balaban J connectivity index is 2.86. The van der Waals surface area contributed by atoms with E-state index in [4.69, 9.17) is 0 Å². The predicted molar refractivity (Wildman–Crippen MR) is 67.2 cm³/mol. The van der Waals surface area contributed by atoms with Crippen LogP contribution in [-0.4, -0.2) is 5.54 Å². The lowest BCUT2D eigenvalue weighted by atomic mass is 9.99. The van der Waals surface area contributed by atoms with Crippen molar-refractivity contribution in [3.63, 3.8) is 0 Å². The molecule has 0 radical (unpaired) electrons. The number of hydrogen-bond acceptors (Lipinski definition) is 1. The van der Waals surface area contributed by atoms with Gasteiger partial charge in [0.05, 0.1) is 0 Å². The fraction of sp³-hybridized carbons (Fsp3) is 0.571. The summed E-state index contributed by atoms with van der Waals surface area (Å²) < 4.78 is 0. The van der Waals surface area contributed by atoms with E-state index in [1.165, 1.54) is 22.3 Å². The van der Waals surface area contributed by atoms with Crippen LogP contribution in [0.1, 0.15) is 43.0 Å². The first-order chi connectivity index (χ1) is 6.79. The molecule has 0 saturated carbocycles. The highest BCUT2D eigenvalue weighted by molar-refractivity contribution is 5.37. The van der Waals surface area contributed by atoms with Crippen LogP contribution in [-0.2, 0) is 6.54 Å². The molecule has 0 aliphatic carbocycles.